The second-order valence-electron chi connectivity index (χ2n) is 3.76. The molecule has 0 saturated carbocycles. The Morgan fingerprint density at radius 2 is 1.95 bits per heavy atom. The number of imidazole rings is 1. The zero-order valence-electron chi connectivity index (χ0n) is 9.45. The van der Waals surface area contributed by atoms with Gasteiger partial charge in [-0.05, 0) is 0 Å². The number of nitrogens with two attached hydrogens (primary N) is 1. The van der Waals surface area contributed by atoms with Crippen molar-refractivity contribution in [2.24, 2.45) is 5.73 Å². The van der Waals surface area contributed by atoms with Gasteiger partial charge >= 0.3 is 19.5 Å². The number of rotatable bonds is 6. The molecular formula is C8H12N3O7P. The molecule has 1 unspecified atom stereocenters. The molecule has 0 bridgehead atoms. The predicted octanol–water partition coefficient (Wildman–Crippen LogP) is -1.40. The number of aliphatic carboxylic acids is 2. The summed E-state index contributed by atoms with van der Waals surface area (Å²) in [5.41, 5.74) is 5.38. The van der Waals surface area contributed by atoms with Crippen molar-refractivity contribution < 1.29 is 34.2 Å². The molecule has 0 aromatic carbocycles. The highest BCUT2D eigenvalue weighted by Gasteiger charge is 2.37. The number of nitrogens with zero attached hydrogens (tertiary/aromatic N) is 2. The van der Waals surface area contributed by atoms with Crippen LogP contribution in [0.1, 0.15) is 11.5 Å². The first-order chi connectivity index (χ1) is 8.62. The average Bonchev–Trinajstić information content (AvgIpc) is 2.62. The second-order valence-corrected chi connectivity index (χ2v) is 5.43. The number of carbonyl (C=O) groups is 2. The Labute approximate surface area is 106 Å². The zero-order valence-corrected chi connectivity index (χ0v) is 10.3. The van der Waals surface area contributed by atoms with Gasteiger partial charge in [0.05, 0.1) is 12.0 Å². The molecule has 0 spiro atoms. The van der Waals surface area contributed by atoms with E-state index in [4.69, 9.17) is 25.7 Å². The Bertz CT molecular complexity index is 536. The van der Waals surface area contributed by atoms with E-state index in [0.29, 0.717) is 4.57 Å². The molecule has 11 heteroatoms. The zero-order chi connectivity index (χ0) is 14.8. The van der Waals surface area contributed by atoms with Crippen LogP contribution >= 0.6 is 7.60 Å². The van der Waals surface area contributed by atoms with Gasteiger partial charge in [0.2, 0.25) is 5.78 Å². The van der Waals surface area contributed by atoms with E-state index < -0.39 is 31.4 Å². The van der Waals surface area contributed by atoms with Crippen molar-refractivity contribution in [1.82, 2.24) is 9.55 Å². The topological polar surface area (TPSA) is 176 Å². The summed E-state index contributed by atoms with van der Waals surface area (Å²) in [6, 6.07) is -1.23. The van der Waals surface area contributed by atoms with Gasteiger partial charge < -0.3 is 30.3 Å². The van der Waals surface area contributed by atoms with E-state index in [1.807, 2.05) is 0 Å². The first kappa shape index (κ1) is 15.3. The standard InChI is InChI=1S/C8H12N3O7P/c9-5(7(12)13)1-4-2-11(3-10-4)6(8(14)15)19(16,17)18/h2-3,5-6H,1,9H2,(H,12,13)(H,14,15)(H2,16,17,18)/t5-,6?/m0/s1. The Balaban J connectivity index is 2.98. The van der Waals surface area contributed by atoms with Gasteiger partial charge in [0.25, 0.3) is 0 Å². The number of carboxylic acid groups (broad SMARTS) is 2. The Morgan fingerprint density at radius 1 is 1.37 bits per heavy atom. The van der Waals surface area contributed by atoms with Crippen LogP contribution in [0.3, 0.4) is 0 Å². The average molecular weight is 293 g/mol. The fraction of sp³-hybridized carbons (Fsp3) is 0.375. The van der Waals surface area contributed by atoms with Crippen LogP contribution in [-0.2, 0) is 20.6 Å². The summed E-state index contributed by atoms with van der Waals surface area (Å²) >= 11 is 0. The monoisotopic (exact) mass is 293 g/mol. The van der Waals surface area contributed by atoms with Gasteiger partial charge in [0, 0.05) is 12.6 Å². The molecule has 2 atom stereocenters. The molecule has 1 aromatic rings. The van der Waals surface area contributed by atoms with Crippen LogP contribution < -0.4 is 5.73 Å². The van der Waals surface area contributed by atoms with Gasteiger partial charge in [-0.25, -0.2) is 9.78 Å². The molecule has 1 aromatic heterocycles. The van der Waals surface area contributed by atoms with Gasteiger partial charge in [-0.2, -0.15) is 0 Å². The minimum Gasteiger partial charge on any atom is -0.480 e. The van der Waals surface area contributed by atoms with Crippen LogP contribution in [0.15, 0.2) is 12.5 Å². The lowest BCUT2D eigenvalue weighted by Gasteiger charge is -2.14. The van der Waals surface area contributed by atoms with Crippen molar-refractivity contribution in [3.05, 3.63) is 18.2 Å². The third kappa shape index (κ3) is 3.86. The number of hydrogen-bond acceptors (Lipinski definition) is 5. The van der Waals surface area contributed by atoms with E-state index in [1.54, 1.807) is 0 Å². The maximum Gasteiger partial charge on any atom is 0.359 e. The minimum absolute atomic E-state index is 0.120. The van der Waals surface area contributed by atoms with Crippen molar-refractivity contribution in [3.8, 4) is 0 Å². The maximum atomic E-state index is 11.1. The molecule has 19 heavy (non-hydrogen) atoms. The summed E-state index contributed by atoms with van der Waals surface area (Å²) in [7, 11) is -4.92. The fourth-order valence-corrected chi connectivity index (χ4v) is 2.14. The first-order valence-corrected chi connectivity index (χ1v) is 6.60. The van der Waals surface area contributed by atoms with Gasteiger partial charge in [-0.15, -0.1) is 0 Å². The molecule has 0 fully saturated rings. The molecule has 10 nitrogen and oxygen atoms in total. The highest BCUT2D eigenvalue weighted by molar-refractivity contribution is 7.52. The normalized spacial score (nSPS) is 14.9. The molecule has 1 heterocycles. The summed E-state index contributed by atoms with van der Waals surface area (Å²) < 4.78 is 11.8. The van der Waals surface area contributed by atoms with Gasteiger partial charge in [-0.1, -0.05) is 0 Å². The van der Waals surface area contributed by atoms with Crippen molar-refractivity contribution in [3.63, 3.8) is 0 Å². The lowest BCUT2D eigenvalue weighted by molar-refractivity contribution is -0.139. The van der Waals surface area contributed by atoms with Crippen LogP contribution in [0.4, 0.5) is 0 Å². The van der Waals surface area contributed by atoms with E-state index in [2.05, 4.69) is 4.98 Å². The summed E-state index contributed by atoms with van der Waals surface area (Å²) in [6.07, 6.45) is 1.76. The summed E-state index contributed by atoms with van der Waals surface area (Å²) in [5, 5.41) is 17.4. The SMILES string of the molecule is N[C@@H](Cc1cn(C(C(=O)O)P(=O)(O)O)cn1)C(=O)O. The van der Waals surface area contributed by atoms with Gasteiger partial charge in [0.15, 0.2) is 0 Å². The van der Waals surface area contributed by atoms with E-state index in [9.17, 15) is 14.2 Å². The maximum absolute atomic E-state index is 11.1. The summed E-state index contributed by atoms with van der Waals surface area (Å²) in [5.74, 6) is -5.09. The lowest BCUT2D eigenvalue weighted by atomic mass is 10.2. The summed E-state index contributed by atoms with van der Waals surface area (Å²) in [6.45, 7) is 0. The minimum atomic E-state index is -4.92. The number of aromatic nitrogens is 2. The van der Waals surface area contributed by atoms with Crippen molar-refractivity contribution in [2.45, 2.75) is 18.2 Å². The first-order valence-electron chi connectivity index (χ1n) is 4.91. The lowest BCUT2D eigenvalue weighted by Crippen LogP contribution is -2.32. The van der Waals surface area contributed by atoms with Crippen molar-refractivity contribution in [1.29, 1.82) is 0 Å². The summed E-state index contributed by atoms with van der Waals surface area (Å²) in [4.78, 5) is 42.9. The van der Waals surface area contributed by atoms with E-state index in [-0.39, 0.29) is 12.1 Å². The van der Waals surface area contributed by atoms with E-state index in [1.165, 1.54) is 0 Å². The number of carboxylic acids is 2. The van der Waals surface area contributed by atoms with Gasteiger partial charge in [-0.3, -0.25) is 9.36 Å². The van der Waals surface area contributed by atoms with E-state index >= 15 is 0 Å². The molecule has 0 aliphatic heterocycles. The quantitative estimate of drug-likeness (QED) is 0.394. The van der Waals surface area contributed by atoms with Gasteiger partial charge in [0.1, 0.15) is 6.04 Å². The van der Waals surface area contributed by atoms with Crippen molar-refractivity contribution >= 4 is 19.5 Å². The largest absolute Gasteiger partial charge is 0.480 e. The molecule has 106 valence electrons. The molecule has 0 amide bonds. The van der Waals surface area contributed by atoms with Crippen LogP contribution in [0, 0.1) is 0 Å². The highest BCUT2D eigenvalue weighted by atomic mass is 31.2. The predicted molar refractivity (Wildman–Crippen MR) is 60.3 cm³/mol. The molecule has 6 N–H and O–H groups in total. The molecule has 0 aliphatic rings. The highest BCUT2D eigenvalue weighted by Crippen LogP contribution is 2.48. The Hall–Kier alpha value is -1.74. The van der Waals surface area contributed by atoms with Crippen LogP contribution in [-0.4, -0.2) is 47.5 Å². The molecule has 1 rings (SSSR count). The fourth-order valence-electron chi connectivity index (χ4n) is 1.38. The second kappa shape index (κ2) is 5.49. The molecular weight excluding hydrogens is 281 g/mol. The Morgan fingerprint density at radius 3 is 2.37 bits per heavy atom. The third-order valence-electron chi connectivity index (χ3n) is 2.22. The third-order valence-corrected chi connectivity index (χ3v) is 3.35. The Kier molecular flexibility index (Phi) is 4.43. The van der Waals surface area contributed by atoms with Crippen LogP contribution in [0.2, 0.25) is 0 Å². The van der Waals surface area contributed by atoms with Crippen LogP contribution in [0.25, 0.3) is 0 Å². The molecule has 0 saturated heterocycles. The molecule has 0 radical (unpaired) electrons. The molecule has 0 aliphatic carbocycles. The van der Waals surface area contributed by atoms with Crippen LogP contribution in [0.5, 0.6) is 0 Å². The van der Waals surface area contributed by atoms with Crippen molar-refractivity contribution in [2.75, 3.05) is 0 Å². The number of hydrogen-bond donors (Lipinski definition) is 5. The smallest absolute Gasteiger partial charge is 0.359 e. The van der Waals surface area contributed by atoms with E-state index in [0.717, 1.165) is 12.5 Å².